The van der Waals surface area contributed by atoms with Crippen molar-refractivity contribution in [3.63, 3.8) is 0 Å². The molecule has 0 atom stereocenters. The fourth-order valence-electron chi connectivity index (χ4n) is 1.13. The van der Waals surface area contributed by atoms with E-state index in [9.17, 15) is 0 Å². The van der Waals surface area contributed by atoms with Gasteiger partial charge in [0.15, 0.2) is 5.96 Å². The Morgan fingerprint density at radius 3 is 2.94 bits per heavy atom. The van der Waals surface area contributed by atoms with E-state index in [1.807, 2.05) is 25.3 Å². The van der Waals surface area contributed by atoms with Gasteiger partial charge in [-0.15, -0.1) is 35.7 Å². The Labute approximate surface area is 130 Å². The van der Waals surface area contributed by atoms with Crippen LogP contribution in [0.1, 0.15) is 12.5 Å². The standard InChI is InChI=1S/C12H18N4S.HI/c1-9(2)7-15-12(13)16-8-10-4-5-14-11(6-10)17-3;/h4-6H,1,7-8H2,2-3H3,(H3,13,15,16);1H. The summed E-state index contributed by atoms with van der Waals surface area (Å²) < 4.78 is 0. The Balaban J connectivity index is 0.00000289. The highest BCUT2D eigenvalue weighted by atomic mass is 127. The molecule has 18 heavy (non-hydrogen) atoms. The minimum absolute atomic E-state index is 0. The molecule has 0 unspecified atom stereocenters. The average molecular weight is 378 g/mol. The lowest BCUT2D eigenvalue weighted by atomic mass is 10.3. The molecule has 0 saturated carbocycles. The number of nitrogens with zero attached hydrogens (tertiary/aromatic N) is 2. The van der Waals surface area contributed by atoms with Crippen LogP contribution in [0.2, 0.25) is 0 Å². The lowest BCUT2D eigenvalue weighted by Crippen LogP contribution is -2.32. The van der Waals surface area contributed by atoms with Crippen LogP contribution >= 0.6 is 35.7 Å². The molecule has 0 amide bonds. The predicted molar refractivity (Wildman–Crippen MR) is 89.6 cm³/mol. The summed E-state index contributed by atoms with van der Waals surface area (Å²) in [7, 11) is 0. The summed E-state index contributed by atoms with van der Waals surface area (Å²) in [6, 6.07) is 3.95. The third kappa shape index (κ3) is 6.85. The van der Waals surface area contributed by atoms with Crippen molar-refractivity contribution in [2.45, 2.75) is 18.5 Å². The van der Waals surface area contributed by atoms with Crippen LogP contribution in [-0.4, -0.2) is 23.7 Å². The molecular formula is C12H19IN4S. The second kappa shape index (κ2) is 9.21. The molecule has 3 N–H and O–H groups in total. The van der Waals surface area contributed by atoms with Gasteiger partial charge in [-0.05, 0) is 30.9 Å². The molecule has 1 aromatic heterocycles. The highest BCUT2D eigenvalue weighted by molar-refractivity contribution is 14.0. The van der Waals surface area contributed by atoms with Crippen molar-refractivity contribution in [2.75, 3.05) is 12.8 Å². The molecule has 0 radical (unpaired) electrons. The Kier molecular flexibility index (Phi) is 8.82. The van der Waals surface area contributed by atoms with Gasteiger partial charge in [-0.1, -0.05) is 12.2 Å². The molecule has 0 bridgehead atoms. The summed E-state index contributed by atoms with van der Waals surface area (Å²) in [6.07, 6.45) is 3.78. The number of hydrogen-bond donors (Lipinski definition) is 2. The molecule has 6 heteroatoms. The number of aromatic nitrogens is 1. The summed E-state index contributed by atoms with van der Waals surface area (Å²) in [5.41, 5.74) is 7.84. The molecule has 0 aliphatic heterocycles. The molecule has 1 rings (SSSR count). The molecule has 0 aromatic carbocycles. The summed E-state index contributed by atoms with van der Waals surface area (Å²) >= 11 is 1.61. The maximum atomic E-state index is 5.72. The molecule has 0 spiro atoms. The first kappa shape index (κ1) is 17.2. The van der Waals surface area contributed by atoms with Crippen LogP contribution < -0.4 is 11.1 Å². The molecule has 4 nitrogen and oxygen atoms in total. The first-order valence-corrected chi connectivity index (χ1v) is 6.51. The lowest BCUT2D eigenvalue weighted by Gasteiger charge is -2.05. The zero-order chi connectivity index (χ0) is 12.7. The van der Waals surface area contributed by atoms with Gasteiger partial charge in [0.05, 0.1) is 11.6 Å². The van der Waals surface area contributed by atoms with Crippen molar-refractivity contribution in [3.05, 3.63) is 36.0 Å². The maximum Gasteiger partial charge on any atom is 0.189 e. The van der Waals surface area contributed by atoms with Gasteiger partial charge in [0.25, 0.3) is 0 Å². The highest BCUT2D eigenvalue weighted by Gasteiger charge is 1.96. The number of hydrogen-bond acceptors (Lipinski definition) is 3. The van der Waals surface area contributed by atoms with Crippen LogP contribution in [0.25, 0.3) is 0 Å². The zero-order valence-corrected chi connectivity index (χ0v) is 13.8. The maximum absolute atomic E-state index is 5.72. The monoisotopic (exact) mass is 378 g/mol. The molecule has 0 fully saturated rings. The third-order valence-electron chi connectivity index (χ3n) is 2.01. The van der Waals surface area contributed by atoms with Gasteiger partial charge in [-0.2, -0.15) is 0 Å². The largest absolute Gasteiger partial charge is 0.370 e. The fraction of sp³-hybridized carbons (Fsp3) is 0.333. The van der Waals surface area contributed by atoms with Crippen LogP contribution in [0.5, 0.6) is 0 Å². The Morgan fingerprint density at radius 1 is 1.61 bits per heavy atom. The number of nitrogens with two attached hydrogens (primary N) is 1. The van der Waals surface area contributed by atoms with Crippen LogP contribution in [-0.2, 0) is 6.54 Å². The molecule has 0 aliphatic rings. The van der Waals surface area contributed by atoms with Crippen molar-refractivity contribution in [1.82, 2.24) is 10.3 Å². The molecule has 1 aromatic rings. The number of thioether (sulfide) groups is 1. The summed E-state index contributed by atoms with van der Waals surface area (Å²) in [6.45, 7) is 6.94. The molecular weight excluding hydrogens is 359 g/mol. The Bertz CT molecular complexity index is 420. The fourth-order valence-corrected chi connectivity index (χ4v) is 1.57. The van der Waals surface area contributed by atoms with Gasteiger partial charge in [-0.3, -0.25) is 0 Å². The highest BCUT2D eigenvalue weighted by Crippen LogP contribution is 2.12. The normalized spacial score (nSPS) is 10.7. The third-order valence-corrected chi connectivity index (χ3v) is 2.65. The Hall–Kier alpha value is -0.760. The zero-order valence-electron chi connectivity index (χ0n) is 10.6. The van der Waals surface area contributed by atoms with Crippen molar-refractivity contribution in [2.24, 2.45) is 10.7 Å². The van der Waals surface area contributed by atoms with Crippen LogP contribution in [0.4, 0.5) is 0 Å². The van der Waals surface area contributed by atoms with Crippen molar-refractivity contribution in [1.29, 1.82) is 0 Å². The summed E-state index contributed by atoms with van der Waals surface area (Å²) in [5.74, 6) is 0.440. The predicted octanol–water partition coefficient (Wildman–Crippen LogP) is 2.40. The van der Waals surface area contributed by atoms with Gasteiger partial charge < -0.3 is 11.1 Å². The van der Waals surface area contributed by atoms with Crippen LogP contribution in [0, 0.1) is 0 Å². The summed E-state index contributed by atoms with van der Waals surface area (Å²) in [5, 5.41) is 3.98. The van der Waals surface area contributed by atoms with Gasteiger partial charge in [-0.25, -0.2) is 9.98 Å². The van der Waals surface area contributed by atoms with Crippen molar-refractivity contribution in [3.8, 4) is 0 Å². The number of rotatable bonds is 5. The molecule has 1 heterocycles. The van der Waals surface area contributed by atoms with Gasteiger partial charge in [0.1, 0.15) is 0 Å². The lowest BCUT2D eigenvalue weighted by molar-refractivity contribution is 0.934. The van der Waals surface area contributed by atoms with E-state index in [0.717, 1.165) is 16.2 Å². The van der Waals surface area contributed by atoms with Gasteiger partial charge in [0.2, 0.25) is 0 Å². The van der Waals surface area contributed by atoms with Crippen molar-refractivity contribution < 1.29 is 0 Å². The SMILES string of the molecule is C=C(C)CNC(N)=NCc1ccnc(SC)c1.I. The second-order valence-corrected chi connectivity index (χ2v) is 4.55. The minimum Gasteiger partial charge on any atom is -0.370 e. The van der Waals surface area contributed by atoms with E-state index in [1.54, 1.807) is 18.0 Å². The number of aliphatic imine (C=N–C) groups is 1. The van der Waals surface area contributed by atoms with E-state index in [4.69, 9.17) is 5.73 Å². The molecule has 0 saturated heterocycles. The quantitative estimate of drug-likeness (QED) is 0.272. The first-order valence-electron chi connectivity index (χ1n) is 5.29. The second-order valence-electron chi connectivity index (χ2n) is 3.72. The van der Waals surface area contributed by atoms with E-state index >= 15 is 0 Å². The number of pyridine rings is 1. The number of nitrogens with one attached hydrogen (secondary N) is 1. The van der Waals surface area contributed by atoms with E-state index in [0.29, 0.717) is 19.0 Å². The van der Waals surface area contributed by atoms with E-state index in [1.165, 1.54) is 0 Å². The number of guanidine groups is 1. The minimum atomic E-state index is 0. The van der Waals surface area contributed by atoms with Crippen molar-refractivity contribution >= 4 is 41.7 Å². The number of halogens is 1. The smallest absolute Gasteiger partial charge is 0.189 e. The average Bonchev–Trinajstić information content (AvgIpc) is 2.34. The van der Waals surface area contributed by atoms with Crippen LogP contribution in [0.3, 0.4) is 0 Å². The Morgan fingerprint density at radius 2 is 2.33 bits per heavy atom. The van der Waals surface area contributed by atoms with E-state index in [-0.39, 0.29) is 24.0 Å². The van der Waals surface area contributed by atoms with Crippen LogP contribution in [0.15, 0.2) is 40.5 Å². The van der Waals surface area contributed by atoms with Gasteiger partial charge >= 0.3 is 0 Å². The summed E-state index contributed by atoms with van der Waals surface area (Å²) in [4.78, 5) is 8.45. The molecule has 100 valence electrons. The van der Waals surface area contributed by atoms with E-state index < -0.39 is 0 Å². The first-order chi connectivity index (χ1) is 8.11. The van der Waals surface area contributed by atoms with E-state index in [2.05, 4.69) is 21.9 Å². The molecule has 0 aliphatic carbocycles. The topological polar surface area (TPSA) is 63.3 Å². The van der Waals surface area contributed by atoms with Gasteiger partial charge in [0, 0.05) is 12.7 Å².